The van der Waals surface area contributed by atoms with Crippen LogP contribution in [0.4, 0.5) is 0 Å². The van der Waals surface area contributed by atoms with Gasteiger partial charge in [-0.05, 0) is 32.0 Å². The number of hydrogen-bond acceptors (Lipinski definition) is 3. The van der Waals surface area contributed by atoms with Crippen molar-refractivity contribution < 1.29 is 4.79 Å². The second-order valence-corrected chi connectivity index (χ2v) is 6.30. The first-order valence-electron chi connectivity index (χ1n) is 7.64. The molecule has 0 fully saturated rings. The van der Waals surface area contributed by atoms with Gasteiger partial charge in [0.25, 0.3) is 0 Å². The molecular weight excluding hydrogens is 262 g/mol. The third-order valence-corrected chi connectivity index (χ3v) is 3.48. The van der Waals surface area contributed by atoms with Gasteiger partial charge in [-0.25, -0.2) is 0 Å². The lowest BCUT2D eigenvalue weighted by Gasteiger charge is -2.25. The molecule has 1 amide bonds. The number of nitrogens with two attached hydrogens (primary N) is 1. The van der Waals surface area contributed by atoms with Crippen LogP contribution in [-0.2, 0) is 4.79 Å². The summed E-state index contributed by atoms with van der Waals surface area (Å²) in [6, 6.07) is 10.1. The molecule has 0 saturated carbocycles. The first-order chi connectivity index (χ1) is 9.93. The summed E-state index contributed by atoms with van der Waals surface area (Å²) in [5, 5.41) is 3.16. The van der Waals surface area contributed by atoms with E-state index in [1.165, 1.54) is 0 Å². The van der Waals surface area contributed by atoms with Gasteiger partial charge in [0.2, 0.25) is 5.91 Å². The Morgan fingerprint density at radius 3 is 2.33 bits per heavy atom. The van der Waals surface area contributed by atoms with Gasteiger partial charge >= 0.3 is 0 Å². The van der Waals surface area contributed by atoms with E-state index < -0.39 is 0 Å². The van der Waals surface area contributed by atoms with Gasteiger partial charge in [-0.3, -0.25) is 4.79 Å². The molecule has 2 unspecified atom stereocenters. The van der Waals surface area contributed by atoms with Crippen molar-refractivity contribution in [2.45, 2.75) is 26.3 Å². The highest BCUT2D eigenvalue weighted by Crippen LogP contribution is 2.16. The van der Waals surface area contributed by atoms with E-state index in [1.807, 2.05) is 44.4 Å². The molecule has 0 spiro atoms. The van der Waals surface area contributed by atoms with E-state index in [0.29, 0.717) is 12.5 Å². The summed E-state index contributed by atoms with van der Waals surface area (Å²) in [6.07, 6.45) is 0.825. The molecule has 2 atom stereocenters. The Balaban J connectivity index is 2.78. The van der Waals surface area contributed by atoms with Crippen LogP contribution in [0.3, 0.4) is 0 Å². The van der Waals surface area contributed by atoms with Gasteiger partial charge in [0.15, 0.2) is 0 Å². The molecule has 1 aromatic carbocycles. The van der Waals surface area contributed by atoms with Gasteiger partial charge in [0, 0.05) is 13.1 Å². The van der Waals surface area contributed by atoms with E-state index in [2.05, 4.69) is 24.1 Å². The van der Waals surface area contributed by atoms with Crippen molar-refractivity contribution in [1.82, 2.24) is 10.2 Å². The fourth-order valence-electron chi connectivity index (χ4n) is 2.45. The lowest BCUT2D eigenvalue weighted by atomic mass is 9.95. The summed E-state index contributed by atoms with van der Waals surface area (Å²) in [7, 11) is 4.02. The number of rotatable bonds is 8. The number of hydrogen-bond donors (Lipinski definition) is 2. The minimum absolute atomic E-state index is 0.00471. The number of benzene rings is 1. The number of nitrogens with one attached hydrogen (secondary N) is 1. The Morgan fingerprint density at radius 1 is 1.24 bits per heavy atom. The van der Waals surface area contributed by atoms with Gasteiger partial charge in [-0.2, -0.15) is 0 Å². The van der Waals surface area contributed by atoms with Crippen LogP contribution in [-0.4, -0.2) is 38.0 Å². The first kappa shape index (κ1) is 17.7. The first-order valence-corrected chi connectivity index (χ1v) is 7.64. The number of carbonyl (C=O) groups is 1. The second-order valence-electron chi connectivity index (χ2n) is 6.30. The highest BCUT2D eigenvalue weighted by Gasteiger charge is 2.22. The molecule has 1 aromatic rings. The second kappa shape index (κ2) is 8.80. The van der Waals surface area contributed by atoms with Gasteiger partial charge in [-0.15, -0.1) is 0 Å². The molecule has 0 aliphatic carbocycles. The summed E-state index contributed by atoms with van der Waals surface area (Å²) in [5.74, 6) is 0.411. The van der Waals surface area contributed by atoms with Gasteiger partial charge in [-0.1, -0.05) is 44.2 Å². The van der Waals surface area contributed by atoms with Gasteiger partial charge in [0.1, 0.15) is 0 Å². The predicted octanol–water partition coefficient (Wildman–Crippen LogP) is 2.03. The lowest BCUT2D eigenvalue weighted by Crippen LogP contribution is -2.41. The van der Waals surface area contributed by atoms with Crippen LogP contribution in [0.15, 0.2) is 30.3 Å². The maximum absolute atomic E-state index is 12.5. The van der Waals surface area contributed by atoms with Crippen molar-refractivity contribution >= 4 is 5.91 Å². The molecule has 0 aliphatic rings. The normalized spacial score (nSPS) is 14.2. The average Bonchev–Trinajstić information content (AvgIpc) is 2.44. The van der Waals surface area contributed by atoms with E-state index in [1.54, 1.807) is 0 Å². The number of nitrogens with zero attached hydrogens (tertiary/aromatic N) is 1. The third kappa shape index (κ3) is 6.27. The molecule has 118 valence electrons. The Hall–Kier alpha value is -1.39. The SMILES string of the molecule is CC(C)CC(CN)C(=O)NC(CN(C)C)c1ccccc1. The minimum Gasteiger partial charge on any atom is -0.348 e. The largest absolute Gasteiger partial charge is 0.348 e. The maximum Gasteiger partial charge on any atom is 0.224 e. The van der Waals surface area contributed by atoms with E-state index in [-0.39, 0.29) is 17.9 Å². The quantitative estimate of drug-likeness (QED) is 0.770. The van der Waals surface area contributed by atoms with Crippen molar-refractivity contribution in [3.8, 4) is 0 Å². The number of likely N-dealkylation sites (N-methyl/N-ethyl adjacent to an activating group) is 1. The zero-order valence-electron chi connectivity index (χ0n) is 13.7. The highest BCUT2D eigenvalue weighted by molar-refractivity contribution is 5.79. The molecule has 0 heterocycles. The van der Waals surface area contributed by atoms with Crippen LogP contribution in [0.25, 0.3) is 0 Å². The predicted molar refractivity (Wildman–Crippen MR) is 87.9 cm³/mol. The van der Waals surface area contributed by atoms with Crippen molar-refractivity contribution in [2.75, 3.05) is 27.2 Å². The van der Waals surface area contributed by atoms with Crippen LogP contribution in [0, 0.1) is 11.8 Å². The topological polar surface area (TPSA) is 58.4 Å². The van der Waals surface area contributed by atoms with Crippen LogP contribution in [0.2, 0.25) is 0 Å². The summed E-state index contributed by atoms with van der Waals surface area (Å²) in [4.78, 5) is 14.5. The standard InChI is InChI=1S/C17H29N3O/c1-13(2)10-15(11-18)17(21)19-16(12-20(3)4)14-8-6-5-7-9-14/h5-9,13,15-16H,10-12,18H2,1-4H3,(H,19,21). The molecule has 4 nitrogen and oxygen atoms in total. The van der Waals surface area contributed by atoms with Crippen LogP contribution in [0.1, 0.15) is 31.9 Å². The van der Waals surface area contributed by atoms with Crippen LogP contribution in [0.5, 0.6) is 0 Å². The van der Waals surface area contributed by atoms with Crippen molar-refractivity contribution in [1.29, 1.82) is 0 Å². The zero-order valence-corrected chi connectivity index (χ0v) is 13.7. The summed E-state index contributed by atoms with van der Waals surface area (Å²) in [5.41, 5.74) is 6.89. The number of carbonyl (C=O) groups excluding carboxylic acids is 1. The molecular formula is C17H29N3O. The van der Waals surface area contributed by atoms with Gasteiger partial charge < -0.3 is 16.0 Å². The maximum atomic E-state index is 12.5. The van der Waals surface area contributed by atoms with Crippen molar-refractivity contribution in [2.24, 2.45) is 17.6 Å². The molecule has 0 radical (unpaired) electrons. The smallest absolute Gasteiger partial charge is 0.224 e. The Labute approximate surface area is 128 Å². The number of amides is 1. The summed E-state index contributed by atoms with van der Waals surface area (Å²) >= 11 is 0. The van der Waals surface area contributed by atoms with E-state index in [9.17, 15) is 4.79 Å². The van der Waals surface area contributed by atoms with Crippen LogP contribution < -0.4 is 11.1 Å². The van der Waals surface area contributed by atoms with Gasteiger partial charge in [0.05, 0.1) is 12.0 Å². The Kier molecular flexibility index (Phi) is 7.40. The molecule has 0 saturated heterocycles. The summed E-state index contributed by atoms with van der Waals surface area (Å²) < 4.78 is 0. The Bertz CT molecular complexity index is 417. The van der Waals surface area contributed by atoms with E-state index >= 15 is 0 Å². The molecule has 0 bridgehead atoms. The molecule has 1 rings (SSSR count). The molecule has 0 aromatic heterocycles. The molecule has 21 heavy (non-hydrogen) atoms. The Morgan fingerprint density at radius 2 is 1.86 bits per heavy atom. The average molecular weight is 291 g/mol. The molecule has 4 heteroatoms. The molecule has 0 aliphatic heterocycles. The fourth-order valence-corrected chi connectivity index (χ4v) is 2.45. The monoisotopic (exact) mass is 291 g/mol. The van der Waals surface area contributed by atoms with E-state index in [0.717, 1.165) is 18.5 Å². The van der Waals surface area contributed by atoms with Crippen LogP contribution >= 0.6 is 0 Å². The zero-order chi connectivity index (χ0) is 15.8. The minimum atomic E-state index is -0.113. The third-order valence-electron chi connectivity index (χ3n) is 3.48. The van der Waals surface area contributed by atoms with Crippen molar-refractivity contribution in [3.63, 3.8) is 0 Å². The highest BCUT2D eigenvalue weighted by atomic mass is 16.2. The van der Waals surface area contributed by atoms with E-state index in [4.69, 9.17) is 5.73 Å². The molecule has 3 N–H and O–H groups in total. The fraction of sp³-hybridized carbons (Fsp3) is 0.588. The lowest BCUT2D eigenvalue weighted by molar-refractivity contribution is -0.126. The van der Waals surface area contributed by atoms with Crippen molar-refractivity contribution in [3.05, 3.63) is 35.9 Å². The summed E-state index contributed by atoms with van der Waals surface area (Å²) in [6.45, 7) is 5.40.